The zero-order valence-electron chi connectivity index (χ0n) is 21.4. The predicted molar refractivity (Wildman–Crippen MR) is 142 cm³/mol. The lowest BCUT2D eigenvalue weighted by Gasteiger charge is -2.31. The third-order valence-corrected chi connectivity index (χ3v) is 6.32. The van der Waals surface area contributed by atoms with Gasteiger partial charge in [0.05, 0.1) is 4.47 Å². The van der Waals surface area contributed by atoms with Gasteiger partial charge < -0.3 is 15.0 Å². The summed E-state index contributed by atoms with van der Waals surface area (Å²) in [6.07, 6.45) is 1.21. The van der Waals surface area contributed by atoms with Crippen molar-refractivity contribution in [2.45, 2.75) is 65.8 Å². The third-order valence-electron chi connectivity index (χ3n) is 5.70. The van der Waals surface area contributed by atoms with Gasteiger partial charge in [-0.15, -0.1) is 0 Å². The van der Waals surface area contributed by atoms with Gasteiger partial charge >= 0.3 is 0 Å². The Kier molecular flexibility index (Phi) is 10.6. The average Bonchev–Trinajstić information content (AvgIpc) is 2.79. The molecule has 6 heteroatoms. The van der Waals surface area contributed by atoms with E-state index in [1.165, 1.54) is 5.56 Å². The molecule has 0 radical (unpaired) electrons. The normalized spacial score (nSPS) is 12.4. The highest BCUT2D eigenvalue weighted by Gasteiger charge is 2.28. The molecular formula is C28H39BrN2O3. The van der Waals surface area contributed by atoms with Crippen LogP contribution in [0.3, 0.4) is 0 Å². The Bertz CT molecular complexity index is 938. The molecule has 0 aliphatic heterocycles. The van der Waals surface area contributed by atoms with E-state index in [1.807, 2.05) is 55.5 Å². The Hall–Kier alpha value is -2.34. The molecule has 2 amide bonds. The van der Waals surface area contributed by atoms with Gasteiger partial charge in [0.1, 0.15) is 11.8 Å². The Labute approximate surface area is 213 Å². The SMILES string of the molecule is CCC(C(=O)NCC(C)C)N(CCc1ccccc1)C(=O)COc1ccc(C(C)(C)C)cc1Br. The monoisotopic (exact) mass is 530 g/mol. The highest BCUT2D eigenvalue weighted by Crippen LogP contribution is 2.31. The van der Waals surface area contributed by atoms with E-state index < -0.39 is 6.04 Å². The molecule has 2 rings (SSSR count). The molecule has 0 bridgehead atoms. The maximum Gasteiger partial charge on any atom is 0.261 e. The van der Waals surface area contributed by atoms with Crippen LogP contribution in [-0.4, -0.2) is 42.5 Å². The van der Waals surface area contributed by atoms with Gasteiger partial charge in [0, 0.05) is 13.1 Å². The van der Waals surface area contributed by atoms with Crippen LogP contribution in [0.5, 0.6) is 5.75 Å². The lowest BCUT2D eigenvalue weighted by molar-refractivity contribution is -0.142. The second kappa shape index (κ2) is 12.9. The maximum absolute atomic E-state index is 13.3. The van der Waals surface area contributed by atoms with Gasteiger partial charge in [0.15, 0.2) is 6.61 Å². The van der Waals surface area contributed by atoms with Crippen LogP contribution in [0.4, 0.5) is 0 Å². The van der Waals surface area contributed by atoms with E-state index in [0.29, 0.717) is 37.6 Å². The molecule has 0 heterocycles. The first kappa shape index (κ1) is 27.9. The Balaban J connectivity index is 2.16. The van der Waals surface area contributed by atoms with Gasteiger partial charge in [-0.25, -0.2) is 0 Å². The zero-order chi connectivity index (χ0) is 25.3. The molecular weight excluding hydrogens is 492 g/mol. The summed E-state index contributed by atoms with van der Waals surface area (Å²) in [4.78, 5) is 27.9. The standard InChI is InChI=1S/C28H39BrN2O3/c1-7-24(27(33)30-18-20(2)3)31(16-15-21-11-9-8-10-12-21)26(32)19-34-25-14-13-22(17-23(25)29)28(4,5)6/h8-14,17,20,24H,7,15-16,18-19H2,1-6H3,(H,30,33). The predicted octanol–water partition coefficient (Wildman–Crippen LogP) is 5.75. The number of ether oxygens (including phenoxy) is 1. The van der Waals surface area contributed by atoms with Gasteiger partial charge in [-0.1, -0.05) is 77.9 Å². The van der Waals surface area contributed by atoms with Crippen LogP contribution in [0, 0.1) is 5.92 Å². The fraction of sp³-hybridized carbons (Fsp3) is 0.500. The van der Waals surface area contributed by atoms with Crippen molar-refractivity contribution in [2.24, 2.45) is 5.92 Å². The number of hydrogen-bond donors (Lipinski definition) is 1. The number of hydrogen-bond acceptors (Lipinski definition) is 3. The van der Waals surface area contributed by atoms with E-state index in [9.17, 15) is 9.59 Å². The molecule has 34 heavy (non-hydrogen) atoms. The molecule has 0 aromatic heterocycles. The smallest absolute Gasteiger partial charge is 0.261 e. The lowest BCUT2D eigenvalue weighted by atomic mass is 9.87. The minimum absolute atomic E-state index is 0.0167. The molecule has 2 aromatic rings. The van der Waals surface area contributed by atoms with Crippen molar-refractivity contribution in [3.63, 3.8) is 0 Å². The largest absolute Gasteiger partial charge is 0.483 e. The van der Waals surface area contributed by atoms with E-state index in [-0.39, 0.29) is 23.8 Å². The highest BCUT2D eigenvalue weighted by molar-refractivity contribution is 9.10. The minimum atomic E-state index is -0.537. The lowest BCUT2D eigenvalue weighted by Crippen LogP contribution is -2.51. The summed E-state index contributed by atoms with van der Waals surface area (Å²) >= 11 is 3.57. The summed E-state index contributed by atoms with van der Waals surface area (Å²) in [7, 11) is 0. The molecule has 1 N–H and O–H groups in total. The summed E-state index contributed by atoms with van der Waals surface area (Å²) in [6, 6.07) is 15.4. The second-order valence-corrected chi connectivity index (χ2v) is 10.9. The molecule has 0 aliphatic carbocycles. The average molecular weight is 532 g/mol. The summed E-state index contributed by atoms with van der Waals surface area (Å²) in [6.45, 7) is 13.4. The molecule has 0 aliphatic rings. The number of carbonyl (C=O) groups is 2. The van der Waals surface area contributed by atoms with E-state index in [1.54, 1.807) is 4.90 Å². The van der Waals surface area contributed by atoms with Crippen LogP contribution in [0.15, 0.2) is 53.0 Å². The number of halogens is 1. The van der Waals surface area contributed by atoms with Crippen molar-refractivity contribution >= 4 is 27.7 Å². The summed E-state index contributed by atoms with van der Waals surface area (Å²) in [5, 5.41) is 2.99. The quantitative estimate of drug-likeness (QED) is 0.402. The maximum atomic E-state index is 13.3. The fourth-order valence-corrected chi connectivity index (χ4v) is 4.12. The van der Waals surface area contributed by atoms with E-state index in [0.717, 1.165) is 10.0 Å². The van der Waals surface area contributed by atoms with Crippen LogP contribution >= 0.6 is 15.9 Å². The van der Waals surface area contributed by atoms with E-state index >= 15 is 0 Å². The first-order chi connectivity index (χ1) is 16.0. The second-order valence-electron chi connectivity index (χ2n) is 10.1. The molecule has 0 saturated carbocycles. The number of nitrogens with zero attached hydrogens (tertiary/aromatic N) is 1. The first-order valence-corrected chi connectivity index (χ1v) is 12.9. The Morgan fingerprint density at radius 1 is 1.09 bits per heavy atom. The summed E-state index contributed by atoms with van der Waals surface area (Å²) in [5.41, 5.74) is 2.32. The van der Waals surface area contributed by atoms with Crippen molar-refractivity contribution in [3.8, 4) is 5.75 Å². The molecule has 0 spiro atoms. The fourth-order valence-electron chi connectivity index (χ4n) is 3.63. The molecule has 2 aromatic carbocycles. The van der Waals surface area contributed by atoms with Gasteiger partial charge in [-0.2, -0.15) is 0 Å². The van der Waals surface area contributed by atoms with Gasteiger partial charge in [0.2, 0.25) is 5.91 Å². The van der Waals surface area contributed by atoms with Crippen molar-refractivity contribution < 1.29 is 14.3 Å². The van der Waals surface area contributed by atoms with Gasteiger partial charge in [-0.05, 0) is 63.4 Å². The minimum Gasteiger partial charge on any atom is -0.483 e. The molecule has 0 saturated heterocycles. The topological polar surface area (TPSA) is 58.6 Å². The molecule has 186 valence electrons. The van der Waals surface area contributed by atoms with Crippen LogP contribution in [0.25, 0.3) is 0 Å². The van der Waals surface area contributed by atoms with Crippen LogP contribution in [0.2, 0.25) is 0 Å². The van der Waals surface area contributed by atoms with Crippen molar-refractivity contribution in [1.29, 1.82) is 0 Å². The van der Waals surface area contributed by atoms with Gasteiger partial charge in [-0.3, -0.25) is 9.59 Å². The molecule has 5 nitrogen and oxygen atoms in total. The number of amides is 2. The van der Waals surface area contributed by atoms with Gasteiger partial charge in [0.25, 0.3) is 5.91 Å². The van der Waals surface area contributed by atoms with Crippen LogP contribution < -0.4 is 10.1 Å². The Morgan fingerprint density at radius 3 is 2.32 bits per heavy atom. The molecule has 1 unspecified atom stereocenters. The van der Waals surface area contributed by atoms with E-state index in [4.69, 9.17) is 4.74 Å². The van der Waals surface area contributed by atoms with Crippen LogP contribution in [0.1, 0.15) is 59.1 Å². The number of rotatable bonds is 11. The first-order valence-electron chi connectivity index (χ1n) is 12.1. The number of nitrogens with one attached hydrogen (secondary N) is 1. The summed E-state index contributed by atoms with van der Waals surface area (Å²) < 4.78 is 6.71. The summed E-state index contributed by atoms with van der Waals surface area (Å²) in [5.74, 6) is 0.635. The van der Waals surface area contributed by atoms with Crippen molar-refractivity contribution in [1.82, 2.24) is 10.2 Å². The molecule has 1 atom stereocenters. The van der Waals surface area contributed by atoms with Crippen molar-refractivity contribution in [3.05, 3.63) is 64.1 Å². The van der Waals surface area contributed by atoms with E-state index in [2.05, 4.69) is 55.9 Å². The third kappa shape index (κ3) is 8.46. The van der Waals surface area contributed by atoms with Crippen LogP contribution in [-0.2, 0) is 21.4 Å². The Morgan fingerprint density at radius 2 is 1.76 bits per heavy atom. The highest BCUT2D eigenvalue weighted by atomic mass is 79.9. The zero-order valence-corrected chi connectivity index (χ0v) is 22.9. The van der Waals surface area contributed by atoms with Crippen molar-refractivity contribution in [2.75, 3.05) is 19.7 Å². The number of carbonyl (C=O) groups excluding carboxylic acids is 2. The number of benzene rings is 2. The molecule has 0 fully saturated rings.